The SMILES string of the molecule is COCCn1c(N)c(N(Cc2ccccc2)C(=O)CN2C(=O)NC3(CCCC3)C2=O)c(=O)[nH]c1=O. The van der Waals surface area contributed by atoms with Crippen LogP contribution < -0.4 is 27.2 Å². The second-order valence-corrected chi connectivity index (χ2v) is 8.71. The number of nitrogens with one attached hydrogen (secondary N) is 2. The second kappa shape index (κ2) is 9.74. The lowest BCUT2D eigenvalue weighted by atomic mass is 9.98. The number of benzene rings is 1. The minimum absolute atomic E-state index is 0.0495. The van der Waals surface area contributed by atoms with Gasteiger partial charge in [-0.05, 0) is 18.4 Å². The zero-order valence-corrected chi connectivity index (χ0v) is 19.4. The molecule has 12 nitrogen and oxygen atoms in total. The average molecular weight is 485 g/mol. The average Bonchev–Trinajstić information content (AvgIpc) is 3.39. The van der Waals surface area contributed by atoms with Crippen LogP contribution in [0.2, 0.25) is 0 Å². The highest BCUT2D eigenvalue weighted by Gasteiger charge is 2.53. The number of rotatable bonds is 8. The third-order valence-electron chi connectivity index (χ3n) is 6.48. The lowest BCUT2D eigenvalue weighted by Gasteiger charge is -2.26. The molecule has 1 spiro atoms. The Kier molecular flexibility index (Phi) is 6.74. The number of amides is 4. The molecule has 4 amide bonds. The van der Waals surface area contributed by atoms with Gasteiger partial charge in [-0.3, -0.25) is 33.7 Å². The first kappa shape index (κ1) is 24.2. The van der Waals surface area contributed by atoms with Gasteiger partial charge in [0.15, 0.2) is 5.69 Å². The first-order chi connectivity index (χ1) is 16.8. The van der Waals surface area contributed by atoms with E-state index in [-0.39, 0.29) is 31.2 Å². The number of carbonyl (C=O) groups excluding carboxylic acids is 3. The van der Waals surface area contributed by atoms with Crippen LogP contribution in [0, 0.1) is 0 Å². The molecule has 35 heavy (non-hydrogen) atoms. The van der Waals surface area contributed by atoms with Crippen molar-refractivity contribution in [3.05, 3.63) is 56.7 Å². The van der Waals surface area contributed by atoms with Crippen molar-refractivity contribution in [2.75, 3.05) is 30.9 Å². The Bertz CT molecular complexity index is 1250. The number of H-pyrrole nitrogens is 1. The molecule has 2 fully saturated rings. The maximum atomic E-state index is 13.5. The number of methoxy groups -OCH3 is 1. The highest BCUT2D eigenvalue weighted by Crippen LogP contribution is 2.35. The molecule has 186 valence electrons. The molecule has 0 bridgehead atoms. The first-order valence-corrected chi connectivity index (χ1v) is 11.4. The maximum Gasteiger partial charge on any atom is 0.330 e. The standard InChI is InChI=1S/C23H28N6O6/c1-35-12-11-27-18(24)17(19(31)25-21(27)33)28(13-15-7-3-2-4-8-15)16(30)14-29-20(32)23(26-22(29)34)9-5-6-10-23/h2-4,7-8H,5-6,9-14,24H2,1H3,(H,26,34)(H,25,31,33). The van der Waals surface area contributed by atoms with Gasteiger partial charge in [0.25, 0.3) is 11.5 Å². The maximum absolute atomic E-state index is 13.5. The predicted octanol–water partition coefficient (Wildman–Crippen LogP) is 0.163. The van der Waals surface area contributed by atoms with Crippen molar-refractivity contribution in [3.8, 4) is 0 Å². The topological polar surface area (TPSA) is 160 Å². The normalized spacial score (nSPS) is 16.7. The summed E-state index contributed by atoms with van der Waals surface area (Å²) >= 11 is 0. The van der Waals surface area contributed by atoms with Gasteiger partial charge in [0.05, 0.1) is 19.7 Å². The van der Waals surface area contributed by atoms with Crippen LogP contribution in [-0.2, 0) is 27.4 Å². The summed E-state index contributed by atoms with van der Waals surface area (Å²) in [7, 11) is 1.45. The van der Waals surface area contributed by atoms with E-state index >= 15 is 0 Å². The molecule has 1 saturated carbocycles. The number of anilines is 2. The van der Waals surface area contributed by atoms with Crippen molar-refractivity contribution in [3.63, 3.8) is 0 Å². The lowest BCUT2D eigenvalue weighted by Crippen LogP contribution is -2.47. The van der Waals surface area contributed by atoms with Crippen LogP contribution >= 0.6 is 0 Å². The van der Waals surface area contributed by atoms with Crippen LogP contribution in [0.25, 0.3) is 0 Å². The minimum Gasteiger partial charge on any atom is -0.383 e. The van der Waals surface area contributed by atoms with Gasteiger partial charge in [0.2, 0.25) is 5.91 Å². The number of carbonyl (C=O) groups is 3. The molecule has 2 aromatic rings. The van der Waals surface area contributed by atoms with Crippen molar-refractivity contribution < 1.29 is 19.1 Å². The first-order valence-electron chi connectivity index (χ1n) is 11.4. The summed E-state index contributed by atoms with van der Waals surface area (Å²) in [5, 5.41) is 2.74. The molecule has 12 heteroatoms. The molecule has 1 aromatic heterocycles. The Hall–Kier alpha value is -3.93. The molecule has 1 aliphatic heterocycles. The molecular formula is C23H28N6O6. The Balaban J connectivity index is 1.71. The molecule has 1 aliphatic carbocycles. The van der Waals surface area contributed by atoms with E-state index in [0.29, 0.717) is 18.4 Å². The van der Waals surface area contributed by atoms with E-state index in [2.05, 4.69) is 10.3 Å². The Morgan fingerprint density at radius 3 is 2.49 bits per heavy atom. The van der Waals surface area contributed by atoms with Gasteiger partial charge in [-0.25, -0.2) is 9.59 Å². The van der Waals surface area contributed by atoms with Crippen LogP contribution in [-0.4, -0.2) is 58.1 Å². The van der Waals surface area contributed by atoms with Gasteiger partial charge in [-0.15, -0.1) is 0 Å². The summed E-state index contributed by atoms with van der Waals surface area (Å²) < 4.78 is 6.12. The van der Waals surface area contributed by atoms with Crippen LogP contribution in [0.1, 0.15) is 31.2 Å². The van der Waals surface area contributed by atoms with Gasteiger partial charge in [0, 0.05) is 7.11 Å². The van der Waals surface area contributed by atoms with Crippen molar-refractivity contribution in [1.29, 1.82) is 0 Å². The highest BCUT2D eigenvalue weighted by atomic mass is 16.5. The highest BCUT2D eigenvalue weighted by molar-refractivity contribution is 6.10. The van der Waals surface area contributed by atoms with Crippen molar-refractivity contribution in [1.82, 2.24) is 19.8 Å². The predicted molar refractivity (Wildman–Crippen MR) is 127 cm³/mol. The Morgan fingerprint density at radius 2 is 1.83 bits per heavy atom. The molecule has 0 atom stereocenters. The molecule has 1 saturated heterocycles. The van der Waals surface area contributed by atoms with E-state index in [1.54, 1.807) is 30.3 Å². The van der Waals surface area contributed by atoms with E-state index in [9.17, 15) is 24.0 Å². The zero-order chi connectivity index (χ0) is 25.2. The fourth-order valence-electron chi connectivity index (χ4n) is 4.66. The van der Waals surface area contributed by atoms with Crippen molar-refractivity contribution >= 4 is 29.4 Å². The number of hydrogen-bond acceptors (Lipinski definition) is 7. The van der Waals surface area contributed by atoms with Crippen molar-refractivity contribution in [2.24, 2.45) is 0 Å². The molecule has 2 aliphatic rings. The van der Waals surface area contributed by atoms with E-state index in [1.807, 2.05) is 0 Å². The number of imide groups is 1. The zero-order valence-electron chi connectivity index (χ0n) is 19.4. The summed E-state index contributed by atoms with van der Waals surface area (Å²) in [6.45, 7) is -0.444. The fraction of sp³-hybridized carbons (Fsp3) is 0.435. The summed E-state index contributed by atoms with van der Waals surface area (Å²) in [5.74, 6) is -1.36. The third kappa shape index (κ3) is 4.56. The number of aromatic amines is 1. The molecular weight excluding hydrogens is 456 g/mol. The second-order valence-electron chi connectivity index (χ2n) is 8.71. The van der Waals surface area contributed by atoms with E-state index in [1.165, 1.54) is 7.11 Å². The summed E-state index contributed by atoms with van der Waals surface area (Å²) in [6.07, 6.45) is 2.66. The fourth-order valence-corrected chi connectivity index (χ4v) is 4.66. The number of nitrogens with zero attached hydrogens (tertiary/aromatic N) is 3. The molecule has 4 rings (SSSR count). The van der Waals surface area contributed by atoms with Crippen LogP contribution in [0.4, 0.5) is 16.3 Å². The van der Waals surface area contributed by atoms with E-state index in [0.717, 1.165) is 27.2 Å². The lowest BCUT2D eigenvalue weighted by molar-refractivity contribution is -0.134. The molecule has 0 unspecified atom stereocenters. The van der Waals surface area contributed by atoms with E-state index < -0.39 is 41.2 Å². The van der Waals surface area contributed by atoms with Gasteiger partial charge in [0.1, 0.15) is 17.9 Å². The van der Waals surface area contributed by atoms with Gasteiger partial charge >= 0.3 is 11.7 Å². The number of ether oxygens (including phenoxy) is 1. The number of urea groups is 1. The van der Waals surface area contributed by atoms with Gasteiger partial charge in [-0.2, -0.15) is 0 Å². The number of aromatic nitrogens is 2. The quantitative estimate of drug-likeness (QED) is 0.450. The number of nitrogens with two attached hydrogens (primary N) is 1. The summed E-state index contributed by atoms with van der Waals surface area (Å²) in [5.41, 5.74) is 4.09. The summed E-state index contributed by atoms with van der Waals surface area (Å²) in [6, 6.07) is 8.21. The molecule has 4 N–H and O–H groups in total. The number of hydrogen-bond donors (Lipinski definition) is 3. The Labute approximate surface area is 200 Å². The molecule has 2 heterocycles. The van der Waals surface area contributed by atoms with Crippen LogP contribution in [0.15, 0.2) is 39.9 Å². The van der Waals surface area contributed by atoms with Gasteiger partial charge < -0.3 is 15.8 Å². The monoisotopic (exact) mass is 484 g/mol. The Morgan fingerprint density at radius 1 is 1.14 bits per heavy atom. The molecule has 0 radical (unpaired) electrons. The van der Waals surface area contributed by atoms with Gasteiger partial charge in [-0.1, -0.05) is 43.2 Å². The third-order valence-corrected chi connectivity index (χ3v) is 6.48. The number of nitrogen functional groups attached to an aromatic ring is 1. The largest absolute Gasteiger partial charge is 0.383 e. The minimum atomic E-state index is -0.967. The van der Waals surface area contributed by atoms with E-state index in [4.69, 9.17) is 10.5 Å². The smallest absolute Gasteiger partial charge is 0.330 e. The molecule has 1 aromatic carbocycles. The van der Waals surface area contributed by atoms with Crippen LogP contribution in [0.3, 0.4) is 0 Å². The van der Waals surface area contributed by atoms with Crippen LogP contribution in [0.5, 0.6) is 0 Å². The summed E-state index contributed by atoms with van der Waals surface area (Å²) in [4.78, 5) is 68.6. The van der Waals surface area contributed by atoms with Crippen molar-refractivity contribution in [2.45, 2.75) is 44.3 Å².